The average molecular weight is 220 g/mol. The van der Waals surface area contributed by atoms with E-state index in [2.05, 4.69) is 5.10 Å². The molecule has 0 aliphatic rings. The van der Waals surface area contributed by atoms with Crippen molar-refractivity contribution in [2.75, 3.05) is 5.73 Å². The van der Waals surface area contributed by atoms with Crippen LogP contribution in [0.15, 0.2) is 18.3 Å². The van der Waals surface area contributed by atoms with Crippen LogP contribution in [-0.4, -0.2) is 26.6 Å². The molecule has 0 aromatic carbocycles. The number of primary amides is 1. The Morgan fingerprint density at radius 1 is 1.31 bits per heavy atom. The molecule has 5 N–H and O–H groups in total. The average Bonchev–Trinajstić information content (AvgIpc) is 2.62. The first-order valence-corrected chi connectivity index (χ1v) is 4.31. The zero-order valence-electron chi connectivity index (χ0n) is 8.04. The van der Waals surface area contributed by atoms with E-state index >= 15 is 0 Å². The van der Waals surface area contributed by atoms with Crippen LogP contribution < -0.4 is 11.5 Å². The third kappa shape index (κ3) is 1.26. The van der Waals surface area contributed by atoms with Gasteiger partial charge in [0.15, 0.2) is 0 Å². The number of carboxylic acids is 1. The molecule has 16 heavy (non-hydrogen) atoms. The topological polar surface area (TPSA) is 124 Å². The first kappa shape index (κ1) is 9.97. The molecule has 0 saturated heterocycles. The lowest BCUT2D eigenvalue weighted by Crippen LogP contribution is -2.14. The molecule has 0 spiro atoms. The van der Waals surface area contributed by atoms with Crippen LogP contribution in [0.2, 0.25) is 0 Å². The molecule has 0 aliphatic carbocycles. The van der Waals surface area contributed by atoms with Crippen LogP contribution >= 0.6 is 0 Å². The highest BCUT2D eigenvalue weighted by Crippen LogP contribution is 2.19. The van der Waals surface area contributed by atoms with Gasteiger partial charge >= 0.3 is 5.97 Å². The van der Waals surface area contributed by atoms with Gasteiger partial charge in [-0.2, -0.15) is 5.10 Å². The van der Waals surface area contributed by atoms with E-state index in [1.165, 1.54) is 16.6 Å². The molecule has 2 rings (SSSR count). The molecule has 2 aromatic heterocycles. The van der Waals surface area contributed by atoms with Crippen molar-refractivity contribution in [2.24, 2.45) is 5.73 Å². The number of anilines is 1. The Morgan fingerprint density at radius 3 is 2.56 bits per heavy atom. The first-order chi connectivity index (χ1) is 7.52. The van der Waals surface area contributed by atoms with Crippen LogP contribution in [0.25, 0.3) is 5.52 Å². The van der Waals surface area contributed by atoms with E-state index in [9.17, 15) is 9.59 Å². The lowest BCUT2D eigenvalue weighted by atomic mass is 10.1. The molecule has 0 aliphatic heterocycles. The summed E-state index contributed by atoms with van der Waals surface area (Å²) in [5, 5.41) is 12.7. The van der Waals surface area contributed by atoms with Crippen molar-refractivity contribution in [1.29, 1.82) is 0 Å². The maximum atomic E-state index is 11.1. The van der Waals surface area contributed by atoms with Gasteiger partial charge in [0.1, 0.15) is 11.4 Å². The number of aromatic nitrogens is 2. The number of nitrogens with two attached hydrogens (primary N) is 2. The van der Waals surface area contributed by atoms with Crippen molar-refractivity contribution in [1.82, 2.24) is 9.61 Å². The van der Waals surface area contributed by atoms with Crippen LogP contribution in [0, 0.1) is 0 Å². The summed E-state index contributed by atoms with van der Waals surface area (Å²) in [5.74, 6) is -1.69. The van der Waals surface area contributed by atoms with Crippen molar-refractivity contribution in [3.8, 4) is 0 Å². The molecule has 2 heterocycles. The molecule has 2 aromatic rings. The number of nitrogen functional groups attached to an aromatic ring is 1. The van der Waals surface area contributed by atoms with Gasteiger partial charge in [-0.15, -0.1) is 0 Å². The number of carbonyl (C=O) groups excluding carboxylic acids is 1. The molecule has 1 amide bonds. The van der Waals surface area contributed by atoms with E-state index in [1.807, 2.05) is 0 Å². The Kier molecular flexibility index (Phi) is 2.01. The van der Waals surface area contributed by atoms with E-state index < -0.39 is 11.9 Å². The summed E-state index contributed by atoms with van der Waals surface area (Å²) in [6, 6.07) is 2.81. The lowest BCUT2D eigenvalue weighted by Gasteiger charge is -2.03. The normalized spacial score (nSPS) is 10.5. The Labute approximate surface area is 89.3 Å². The minimum absolute atomic E-state index is 0.0732. The summed E-state index contributed by atoms with van der Waals surface area (Å²) in [4.78, 5) is 22.1. The van der Waals surface area contributed by atoms with Crippen LogP contribution in [0.3, 0.4) is 0 Å². The van der Waals surface area contributed by atoms with Crippen molar-refractivity contribution < 1.29 is 14.7 Å². The van der Waals surface area contributed by atoms with E-state index in [4.69, 9.17) is 16.6 Å². The van der Waals surface area contributed by atoms with Gasteiger partial charge in [0.05, 0.1) is 17.3 Å². The summed E-state index contributed by atoms with van der Waals surface area (Å²) in [7, 11) is 0. The van der Waals surface area contributed by atoms with Crippen molar-refractivity contribution in [2.45, 2.75) is 0 Å². The third-order valence-electron chi connectivity index (χ3n) is 2.19. The van der Waals surface area contributed by atoms with Crippen molar-refractivity contribution in [3.05, 3.63) is 29.5 Å². The second-order valence-electron chi connectivity index (χ2n) is 3.16. The molecule has 82 valence electrons. The molecule has 7 heteroatoms. The monoisotopic (exact) mass is 220 g/mol. The van der Waals surface area contributed by atoms with Gasteiger partial charge < -0.3 is 16.6 Å². The van der Waals surface area contributed by atoms with Crippen LogP contribution in [-0.2, 0) is 0 Å². The van der Waals surface area contributed by atoms with Crippen LogP contribution in [0.5, 0.6) is 0 Å². The Hall–Kier alpha value is -2.57. The third-order valence-corrected chi connectivity index (χ3v) is 2.19. The van der Waals surface area contributed by atoms with Crippen LogP contribution in [0.4, 0.5) is 5.82 Å². The second kappa shape index (κ2) is 3.23. The number of amides is 1. The lowest BCUT2D eigenvalue weighted by molar-refractivity contribution is 0.0699. The van der Waals surface area contributed by atoms with Gasteiger partial charge in [-0.25, -0.2) is 9.31 Å². The zero-order chi connectivity index (χ0) is 11.9. The minimum Gasteiger partial charge on any atom is -0.478 e. The molecule has 0 unspecified atom stereocenters. The van der Waals surface area contributed by atoms with Gasteiger partial charge in [0.25, 0.3) is 5.91 Å². The maximum Gasteiger partial charge on any atom is 0.339 e. The summed E-state index contributed by atoms with van der Waals surface area (Å²) in [5.41, 5.74) is 10.8. The second-order valence-corrected chi connectivity index (χ2v) is 3.16. The predicted molar refractivity (Wildman–Crippen MR) is 55.1 cm³/mol. The number of carboxylic acid groups (broad SMARTS) is 1. The number of pyridine rings is 1. The molecule has 0 atom stereocenters. The number of nitrogens with zero attached hydrogens (tertiary/aromatic N) is 2. The number of hydrogen-bond acceptors (Lipinski definition) is 4. The van der Waals surface area contributed by atoms with Gasteiger partial charge in [0.2, 0.25) is 0 Å². The molecular weight excluding hydrogens is 212 g/mol. The molecule has 0 radical (unpaired) electrons. The highest BCUT2D eigenvalue weighted by Gasteiger charge is 2.18. The summed E-state index contributed by atoms with van der Waals surface area (Å²) in [6.07, 6.45) is 1.13. The SMILES string of the molecule is NC(=O)c1ccc(N)n2ncc(C(=O)O)c12. The fourth-order valence-electron chi connectivity index (χ4n) is 1.48. The van der Waals surface area contributed by atoms with Gasteiger partial charge in [0, 0.05) is 0 Å². The number of hydrogen-bond donors (Lipinski definition) is 3. The number of fused-ring (bicyclic) bond motifs is 1. The summed E-state index contributed by atoms with van der Waals surface area (Å²) < 4.78 is 1.17. The molecular formula is C9H8N4O3. The smallest absolute Gasteiger partial charge is 0.339 e. The van der Waals surface area contributed by atoms with Crippen molar-refractivity contribution in [3.63, 3.8) is 0 Å². The molecule has 7 nitrogen and oxygen atoms in total. The van der Waals surface area contributed by atoms with E-state index in [0.29, 0.717) is 0 Å². The number of carbonyl (C=O) groups is 2. The quantitative estimate of drug-likeness (QED) is 0.641. The fourth-order valence-corrected chi connectivity index (χ4v) is 1.48. The highest BCUT2D eigenvalue weighted by molar-refractivity contribution is 6.06. The standard InChI is InChI=1S/C9H8N4O3/c10-6-2-1-4(8(11)14)7-5(9(15)16)3-12-13(6)7/h1-3H,10H2,(H2,11,14)(H,15,16). The largest absolute Gasteiger partial charge is 0.478 e. The fraction of sp³-hybridized carbons (Fsp3) is 0. The van der Waals surface area contributed by atoms with Crippen molar-refractivity contribution >= 4 is 23.2 Å². The van der Waals surface area contributed by atoms with Gasteiger partial charge in [-0.05, 0) is 12.1 Å². The molecule has 0 saturated carbocycles. The van der Waals surface area contributed by atoms with Gasteiger partial charge in [-0.1, -0.05) is 0 Å². The Morgan fingerprint density at radius 2 is 2.00 bits per heavy atom. The number of rotatable bonds is 2. The molecule has 0 bridgehead atoms. The Balaban J connectivity index is 2.92. The number of aromatic carboxylic acids is 1. The Bertz CT molecular complexity index is 602. The predicted octanol–water partition coefficient (Wildman–Crippen LogP) is -0.286. The van der Waals surface area contributed by atoms with Gasteiger partial charge in [-0.3, -0.25) is 4.79 Å². The van der Waals surface area contributed by atoms with Crippen LogP contribution in [0.1, 0.15) is 20.7 Å². The summed E-state index contributed by atoms with van der Waals surface area (Å²) in [6.45, 7) is 0. The summed E-state index contributed by atoms with van der Waals surface area (Å²) >= 11 is 0. The van der Waals surface area contributed by atoms with E-state index in [0.717, 1.165) is 6.20 Å². The van der Waals surface area contributed by atoms with E-state index in [-0.39, 0.29) is 22.5 Å². The highest BCUT2D eigenvalue weighted by atomic mass is 16.4. The maximum absolute atomic E-state index is 11.1. The zero-order valence-corrected chi connectivity index (χ0v) is 8.04. The van der Waals surface area contributed by atoms with E-state index in [1.54, 1.807) is 0 Å². The first-order valence-electron chi connectivity index (χ1n) is 4.31. The minimum atomic E-state index is -1.19. The molecule has 0 fully saturated rings.